The van der Waals surface area contributed by atoms with Gasteiger partial charge in [0.15, 0.2) is 0 Å². The number of hydrogen-bond acceptors (Lipinski definition) is 4. The van der Waals surface area contributed by atoms with Crippen LogP contribution in [-0.2, 0) is 11.2 Å². The number of ether oxygens (including phenoxy) is 1. The Morgan fingerprint density at radius 1 is 1.17 bits per heavy atom. The zero-order valence-corrected chi connectivity index (χ0v) is 14.4. The molecule has 3 rings (SSSR count). The van der Waals surface area contributed by atoms with E-state index in [1.807, 2.05) is 60.8 Å². The second-order valence-electron chi connectivity index (χ2n) is 5.37. The summed E-state index contributed by atoms with van der Waals surface area (Å²) in [7, 11) is 1.62. The molecule has 0 bridgehead atoms. The van der Waals surface area contributed by atoms with E-state index in [9.17, 15) is 4.79 Å². The van der Waals surface area contributed by atoms with Gasteiger partial charge in [-0.2, -0.15) is 0 Å². The van der Waals surface area contributed by atoms with E-state index in [1.165, 1.54) is 0 Å². The summed E-state index contributed by atoms with van der Waals surface area (Å²) < 4.78 is 5.13. The van der Waals surface area contributed by atoms with Gasteiger partial charge in [0.2, 0.25) is 5.91 Å². The minimum atomic E-state index is -0.0560. The van der Waals surface area contributed by atoms with E-state index in [4.69, 9.17) is 4.74 Å². The Morgan fingerprint density at radius 3 is 2.58 bits per heavy atom. The number of methoxy groups -OCH3 is 1. The van der Waals surface area contributed by atoms with E-state index in [0.29, 0.717) is 6.42 Å². The number of carbonyl (C=O) groups excluding carboxylic acids is 1. The number of aryl methyl sites for hydroxylation is 1. The van der Waals surface area contributed by atoms with Crippen LogP contribution < -0.4 is 10.1 Å². The topological polar surface area (TPSA) is 51.2 Å². The van der Waals surface area contributed by atoms with Gasteiger partial charge < -0.3 is 10.1 Å². The van der Waals surface area contributed by atoms with Crippen LogP contribution >= 0.6 is 11.3 Å². The Bertz CT molecular complexity index is 841. The van der Waals surface area contributed by atoms with E-state index in [0.717, 1.165) is 33.3 Å². The van der Waals surface area contributed by atoms with Crippen LogP contribution in [0.3, 0.4) is 0 Å². The van der Waals surface area contributed by atoms with E-state index in [2.05, 4.69) is 10.3 Å². The summed E-state index contributed by atoms with van der Waals surface area (Å²) in [4.78, 5) is 16.9. The van der Waals surface area contributed by atoms with Crippen LogP contribution in [-0.4, -0.2) is 18.0 Å². The van der Waals surface area contributed by atoms with Crippen LogP contribution in [0, 0.1) is 6.92 Å². The maximum absolute atomic E-state index is 12.4. The highest BCUT2D eigenvalue weighted by molar-refractivity contribution is 7.09. The second kappa shape index (κ2) is 7.27. The lowest BCUT2D eigenvalue weighted by molar-refractivity contribution is -0.115. The van der Waals surface area contributed by atoms with Crippen molar-refractivity contribution in [3.63, 3.8) is 0 Å². The van der Waals surface area contributed by atoms with E-state index >= 15 is 0 Å². The van der Waals surface area contributed by atoms with Gasteiger partial charge in [-0.3, -0.25) is 4.79 Å². The molecule has 0 fully saturated rings. The Labute approximate surface area is 145 Å². The van der Waals surface area contributed by atoms with Crippen molar-refractivity contribution in [2.45, 2.75) is 13.3 Å². The average molecular weight is 338 g/mol. The smallest absolute Gasteiger partial charge is 0.228 e. The summed E-state index contributed by atoms with van der Waals surface area (Å²) in [6.45, 7) is 1.97. The molecule has 0 radical (unpaired) electrons. The van der Waals surface area contributed by atoms with Gasteiger partial charge in [-0.15, -0.1) is 11.3 Å². The minimum absolute atomic E-state index is 0.0560. The highest BCUT2D eigenvalue weighted by Gasteiger charge is 2.11. The third kappa shape index (κ3) is 3.81. The Hall–Kier alpha value is -2.66. The quantitative estimate of drug-likeness (QED) is 0.754. The molecule has 1 aromatic heterocycles. The maximum Gasteiger partial charge on any atom is 0.228 e. The molecule has 3 aromatic rings. The van der Waals surface area contributed by atoms with Gasteiger partial charge in [0.1, 0.15) is 5.75 Å². The molecular weight excluding hydrogens is 320 g/mol. The third-order valence-electron chi connectivity index (χ3n) is 3.62. The van der Waals surface area contributed by atoms with E-state index in [-0.39, 0.29) is 5.91 Å². The molecule has 1 heterocycles. The minimum Gasteiger partial charge on any atom is -0.497 e. The molecule has 0 aliphatic carbocycles. The SMILES string of the molecule is COc1ccc(CC(=O)Nc2ccccc2-c2csc(C)n2)cc1. The number of amides is 1. The van der Waals surface area contributed by atoms with Crippen molar-refractivity contribution >= 4 is 22.9 Å². The highest BCUT2D eigenvalue weighted by atomic mass is 32.1. The molecule has 0 saturated heterocycles. The second-order valence-corrected chi connectivity index (χ2v) is 6.43. The number of anilines is 1. The van der Waals surface area contributed by atoms with Crippen molar-refractivity contribution in [1.29, 1.82) is 0 Å². The van der Waals surface area contributed by atoms with Crippen LogP contribution in [0.4, 0.5) is 5.69 Å². The first-order valence-corrected chi connectivity index (χ1v) is 8.48. The lowest BCUT2D eigenvalue weighted by Crippen LogP contribution is -2.15. The number of aromatic nitrogens is 1. The summed E-state index contributed by atoms with van der Waals surface area (Å²) >= 11 is 1.60. The number of hydrogen-bond donors (Lipinski definition) is 1. The summed E-state index contributed by atoms with van der Waals surface area (Å²) in [5, 5.41) is 6.00. The Kier molecular flexibility index (Phi) is 4.91. The van der Waals surface area contributed by atoms with Crippen molar-refractivity contribution in [3.8, 4) is 17.0 Å². The standard InChI is InChI=1S/C19H18N2O2S/c1-13-20-18(12-24-13)16-5-3-4-6-17(16)21-19(22)11-14-7-9-15(23-2)10-8-14/h3-10,12H,11H2,1-2H3,(H,21,22). The molecule has 0 aliphatic heterocycles. The molecule has 0 saturated carbocycles. The van der Waals surface area contributed by atoms with Crippen molar-refractivity contribution in [3.05, 3.63) is 64.5 Å². The van der Waals surface area contributed by atoms with Crippen molar-refractivity contribution in [2.24, 2.45) is 0 Å². The van der Waals surface area contributed by atoms with Gasteiger partial charge >= 0.3 is 0 Å². The number of thiazole rings is 1. The first kappa shape index (κ1) is 16.2. The van der Waals surface area contributed by atoms with Crippen molar-refractivity contribution < 1.29 is 9.53 Å². The first-order valence-electron chi connectivity index (χ1n) is 7.60. The van der Waals surface area contributed by atoms with Gasteiger partial charge in [0.25, 0.3) is 0 Å². The van der Waals surface area contributed by atoms with E-state index in [1.54, 1.807) is 18.4 Å². The predicted octanol–water partition coefficient (Wildman–Crippen LogP) is 4.31. The first-order chi connectivity index (χ1) is 11.7. The number of nitrogens with one attached hydrogen (secondary N) is 1. The van der Waals surface area contributed by atoms with Gasteiger partial charge in [-0.05, 0) is 30.7 Å². The van der Waals surface area contributed by atoms with Gasteiger partial charge in [-0.25, -0.2) is 4.98 Å². The Balaban J connectivity index is 1.74. The molecule has 5 heteroatoms. The normalized spacial score (nSPS) is 10.4. The van der Waals surface area contributed by atoms with Gasteiger partial charge in [-0.1, -0.05) is 30.3 Å². The zero-order chi connectivity index (χ0) is 16.9. The lowest BCUT2D eigenvalue weighted by atomic mass is 10.1. The molecule has 4 nitrogen and oxygen atoms in total. The summed E-state index contributed by atoms with van der Waals surface area (Å²) in [5.74, 6) is 0.725. The molecule has 0 atom stereocenters. The van der Waals surface area contributed by atoms with Gasteiger partial charge in [0, 0.05) is 10.9 Å². The highest BCUT2D eigenvalue weighted by Crippen LogP contribution is 2.28. The molecule has 122 valence electrons. The number of rotatable bonds is 5. The molecule has 0 spiro atoms. The van der Waals surface area contributed by atoms with Crippen LogP contribution in [0.15, 0.2) is 53.9 Å². The summed E-state index contributed by atoms with van der Waals surface area (Å²) in [5.41, 5.74) is 3.54. The molecular formula is C19H18N2O2S. The lowest BCUT2D eigenvalue weighted by Gasteiger charge is -2.10. The van der Waals surface area contributed by atoms with Crippen molar-refractivity contribution in [2.75, 3.05) is 12.4 Å². The largest absolute Gasteiger partial charge is 0.497 e. The van der Waals surface area contributed by atoms with Crippen molar-refractivity contribution in [1.82, 2.24) is 4.98 Å². The maximum atomic E-state index is 12.4. The fourth-order valence-corrected chi connectivity index (χ4v) is 3.04. The number of benzene rings is 2. The number of carbonyl (C=O) groups is 1. The fourth-order valence-electron chi connectivity index (χ4n) is 2.43. The monoisotopic (exact) mass is 338 g/mol. The van der Waals surface area contributed by atoms with Crippen LogP contribution in [0.25, 0.3) is 11.3 Å². The molecule has 24 heavy (non-hydrogen) atoms. The van der Waals surface area contributed by atoms with Crippen LogP contribution in [0.1, 0.15) is 10.6 Å². The predicted molar refractivity (Wildman–Crippen MR) is 97.6 cm³/mol. The zero-order valence-electron chi connectivity index (χ0n) is 13.6. The molecule has 1 amide bonds. The molecule has 1 N–H and O–H groups in total. The number of para-hydroxylation sites is 1. The molecule has 0 aliphatic rings. The molecule has 0 unspecified atom stereocenters. The fraction of sp³-hybridized carbons (Fsp3) is 0.158. The summed E-state index contributed by atoms with van der Waals surface area (Å²) in [6, 6.07) is 15.2. The van der Waals surface area contributed by atoms with E-state index < -0.39 is 0 Å². The average Bonchev–Trinajstić information content (AvgIpc) is 3.02. The number of nitrogens with zero attached hydrogens (tertiary/aromatic N) is 1. The molecule has 2 aromatic carbocycles. The van der Waals surface area contributed by atoms with Crippen LogP contribution in [0.5, 0.6) is 5.75 Å². The van der Waals surface area contributed by atoms with Gasteiger partial charge in [0.05, 0.1) is 29.9 Å². The third-order valence-corrected chi connectivity index (χ3v) is 4.39. The van der Waals surface area contributed by atoms with Crippen LogP contribution in [0.2, 0.25) is 0 Å². The summed E-state index contributed by atoms with van der Waals surface area (Å²) in [6.07, 6.45) is 0.314. The Morgan fingerprint density at radius 2 is 1.92 bits per heavy atom.